The van der Waals surface area contributed by atoms with E-state index in [1.165, 1.54) is 0 Å². The van der Waals surface area contributed by atoms with Gasteiger partial charge in [-0.15, -0.1) is 24.0 Å². The highest BCUT2D eigenvalue weighted by molar-refractivity contribution is 14.0. The Balaban J connectivity index is 0.00000363. The van der Waals surface area contributed by atoms with Gasteiger partial charge in [0, 0.05) is 31.8 Å². The van der Waals surface area contributed by atoms with E-state index in [1.807, 2.05) is 55.5 Å². The fraction of sp³-hybridized carbons (Fsp3) is 0.417. The van der Waals surface area contributed by atoms with E-state index in [0.717, 1.165) is 48.8 Å². The minimum atomic E-state index is -0.0779. The van der Waals surface area contributed by atoms with Crippen molar-refractivity contribution in [3.63, 3.8) is 0 Å². The number of hydrogen-bond acceptors (Lipinski definition) is 4. The lowest BCUT2D eigenvalue weighted by Gasteiger charge is -2.12. The summed E-state index contributed by atoms with van der Waals surface area (Å²) >= 11 is 0. The second-order valence-electron chi connectivity index (χ2n) is 7.44. The average molecular weight is 552 g/mol. The molecule has 2 aromatic carbocycles. The number of nitrogens with one attached hydrogen (secondary N) is 3. The molecule has 1 saturated heterocycles. The SMILES string of the molecule is CCNC(=NCc1cccc(C(=O)NCC2CCCO2)c1)NCc1ccc(OC)cc1.I. The van der Waals surface area contributed by atoms with Crippen molar-refractivity contribution in [2.45, 2.75) is 39.0 Å². The molecule has 8 heteroatoms. The maximum atomic E-state index is 12.5. The van der Waals surface area contributed by atoms with Crippen LogP contribution >= 0.6 is 24.0 Å². The van der Waals surface area contributed by atoms with Gasteiger partial charge >= 0.3 is 0 Å². The zero-order valence-corrected chi connectivity index (χ0v) is 21.1. The third kappa shape index (κ3) is 8.31. The molecule has 0 saturated carbocycles. The van der Waals surface area contributed by atoms with Gasteiger partial charge in [-0.25, -0.2) is 4.99 Å². The Kier molecular flexibility index (Phi) is 11.3. The zero-order valence-electron chi connectivity index (χ0n) is 18.7. The van der Waals surface area contributed by atoms with E-state index < -0.39 is 0 Å². The molecule has 32 heavy (non-hydrogen) atoms. The second-order valence-corrected chi connectivity index (χ2v) is 7.44. The van der Waals surface area contributed by atoms with Crippen LogP contribution in [0, 0.1) is 0 Å². The zero-order chi connectivity index (χ0) is 21.9. The van der Waals surface area contributed by atoms with Crippen LogP contribution in [0.3, 0.4) is 0 Å². The Morgan fingerprint density at radius 1 is 1.12 bits per heavy atom. The highest BCUT2D eigenvalue weighted by Gasteiger charge is 2.16. The maximum absolute atomic E-state index is 12.5. The van der Waals surface area contributed by atoms with Gasteiger partial charge in [-0.2, -0.15) is 0 Å². The molecular formula is C24H33IN4O3. The largest absolute Gasteiger partial charge is 0.497 e. The second kappa shape index (κ2) is 13.9. The molecule has 1 aliphatic heterocycles. The number of halogens is 1. The molecule has 1 atom stereocenters. The average Bonchev–Trinajstić information content (AvgIpc) is 3.33. The summed E-state index contributed by atoms with van der Waals surface area (Å²) in [7, 11) is 1.66. The smallest absolute Gasteiger partial charge is 0.251 e. The number of ether oxygens (including phenoxy) is 2. The van der Waals surface area contributed by atoms with Crippen LogP contribution in [-0.4, -0.2) is 44.8 Å². The lowest BCUT2D eigenvalue weighted by Crippen LogP contribution is -2.36. The van der Waals surface area contributed by atoms with Gasteiger partial charge in [-0.1, -0.05) is 24.3 Å². The highest BCUT2D eigenvalue weighted by atomic mass is 127. The molecule has 1 amide bonds. The van der Waals surface area contributed by atoms with E-state index in [-0.39, 0.29) is 36.0 Å². The predicted octanol–water partition coefficient (Wildman–Crippen LogP) is 3.48. The number of carbonyl (C=O) groups is 1. The molecule has 0 radical (unpaired) electrons. The Hall–Kier alpha value is -2.33. The first-order chi connectivity index (χ1) is 15.2. The standard InChI is InChI=1S/C24H32N4O3.HI/c1-3-25-24(27-15-18-9-11-21(30-2)12-10-18)28-16-19-6-4-7-20(14-19)23(29)26-17-22-8-5-13-31-22;/h4,6-7,9-12,14,22H,3,5,8,13,15-17H2,1-2H3,(H,26,29)(H2,25,27,28);1H. The molecule has 3 N–H and O–H groups in total. The lowest BCUT2D eigenvalue weighted by atomic mass is 10.1. The number of aliphatic imine (C=N–C) groups is 1. The van der Waals surface area contributed by atoms with Crippen molar-refractivity contribution in [1.29, 1.82) is 0 Å². The van der Waals surface area contributed by atoms with E-state index in [9.17, 15) is 4.79 Å². The first-order valence-corrected chi connectivity index (χ1v) is 10.8. The summed E-state index contributed by atoms with van der Waals surface area (Å²) in [5.41, 5.74) is 2.75. The van der Waals surface area contributed by atoms with Gasteiger partial charge in [0.15, 0.2) is 5.96 Å². The molecule has 0 aliphatic carbocycles. The number of nitrogens with zero attached hydrogens (tertiary/aromatic N) is 1. The summed E-state index contributed by atoms with van der Waals surface area (Å²) in [6.45, 7) is 5.27. The van der Waals surface area contributed by atoms with Crippen LogP contribution in [0.25, 0.3) is 0 Å². The molecular weight excluding hydrogens is 519 g/mol. The van der Waals surface area contributed by atoms with Crippen molar-refractivity contribution < 1.29 is 14.3 Å². The van der Waals surface area contributed by atoms with Crippen molar-refractivity contribution in [2.24, 2.45) is 4.99 Å². The summed E-state index contributed by atoms with van der Waals surface area (Å²) in [5.74, 6) is 1.49. The van der Waals surface area contributed by atoms with Gasteiger partial charge in [0.05, 0.1) is 19.8 Å². The van der Waals surface area contributed by atoms with Gasteiger partial charge in [-0.3, -0.25) is 4.79 Å². The van der Waals surface area contributed by atoms with E-state index in [2.05, 4.69) is 20.9 Å². The van der Waals surface area contributed by atoms with Crippen LogP contribution in [-0.2, 0) is 17.8 Å². The number of hydrogen-bond donors (Lipinski definition) is 3. The summed E-state index contributed by atoms with van der Waals surface area (Å²) in [6.07, 6.45) is 2.21. The Labute approximate surface area is 207 Å². The number of amides is 1. The third-order valence-electron chi connectivity index (χ3n) is 5.09. The van der Waals surface area contributed by atoms with Crippen LogP contribution in [0.4, 0.5) is 0 Å². The number of rotatable bonds is 9. The summed E-state index contributed by atoms with van der Waals surface area (Å²) in [6, 6.07) is 15.5. The van der Waals surface area contributed by atoms with Crippen molar-refractivity contribution in [3.8, 4) is 5.75 Å². The lowest BCUT2D eigenvalue weighted by molar-refractivity contribution is 0.0857. The first-order valence-electron chi connectivity index (χ1n) is 10.8. The van der Waals surface area contributed by atoms with Gasteiger partial charge in [-0.05, 0) is 55.2 Å². The van der Waals surface area contributed by atoms with Crippen molar-refractivity contribution in [1.82, 2.24) is 16.0 Å². The molecule has 7 nitrogen and oxygen atoms in total. The fourth-order valence-corrected chi connectivity index (χ4v) is 3.37. The molecule has 0 aromatic heterocycles. The fourth-order valence-electron chi connectivity index (χ4n) is 3.37. The van der Waals surface area contributed by atoms with E-state index >= 15 is 0 Å². The van der Waals surface area contributed by atoms with Crippen molar-refractivity contribution in [3.05, 3.63) is 65.2 Å². The minimum absolute atomic E-state index is 0. The normalized spacial score (nSPS) is 15.6. The monoisotopic (exact) mass is 552 g/mol. The van der Waals surface area contributed by atoms with Crippen LogP contribution in [0.5, 0.6) is 5.75 Å². The third-order valence-corrected chi connectivity index (χ3v) is 5.09. The molecule has 1 heterocycles. The summed E-state index contributed by atoms with van der Waals surface area (Å²) in [5, 5.41) is 9.56. The molecule has 1 unspecified atom stereocenters. The number of carbonyl (C=O) groups excluding carboxylic acids is 1. The van der Waals surface area contributed by atoms with Gasteiger partial charge in [0.2, 0.25) is 0 Å². The Morgan fingerprint density at radius 2 is 1.94 bits per heavy atom. The molecule has 174 valence electrons. The first kappa shape index (κ1) is 25.9. The van der Waals surface area contributed by atoms with E-state index in [0.29, 0.717) is 25.2 Å². The molecule has 0 spiro atoms. The summed E-state index contributed by atoms with van der Waals surface area (Å²) in [4.78, 5) is 17.1. The maximum Gasteiger partial charge on any atom is 0.251 e. The molecule has 2 aromatic rings. The van der Waals surface area contributed by atoms with Gasteiger partial charge in [0.1, 0.15) is 5.75 Å². The topological polar surface area (TPSA) is 84.0 Å². The highest BCUT2D eigenvalue weighted by Crippen LogP contribution is 2.12. The quantitative estimate of drug-likeness (QED) is 0.252. The van der Waals surface area contributed by atoms with E-state index in [4.69, 9.17) is 9.47 Å². The molecule has 1 fully saturated rings. The number of benzene rings is 2. The van der Waals surface area contributed by atoms with Gasteiger partial charge < -0.3 is 25.4 Å². The van der Waals surface area contributed by atoms with Crippen LogP contribution in [0.15, 0.2) is 53.5 Å². The Bertz CT molecular complexity index is 868. The van der Waals surface area contributed by atoms with Crippen molar-refractivity contribution >= 4 is 35.8 Å². The predicted molar refractivity (Wildman–Crippen MR) is 138 cm³/mol. The van der Waals surface area contributed by atoms with Gasteiger partial charge in [0.25, 0.3) is 5.91 Å². The van der Waals surface area contributed by atoms with E-state index in [1.54, 1.807) is 7.11 Å². The summed E-state index contributed by atoms with van der Waals surface area (Å²) < 4.78 is 10.8. The minimum Gasteiger partial charge on any atom is -0.497 e. The molecule has 1 aliphatic rings. The Morgan fingerprint density at radius 3 is 2.62 bits per heavy atom. The van der Waals surface area contributed by atoms with Crippen LogP contribution in [0.1, 0.15) is 41.3 Å². The molecule has 3 rings (SSSR count). The molecule has 0 bridgehead atoms. The number of guanidine groups is 1. The van der Waals surface area contributed by atoms with Crippen LogP contribution in [0.2, 0.25) is 0 Å². The number of methoxy groups -OCH3 is 1. The van der Waals surface area contributed by atoms with Crippen LogP contribution < -0.4 is 20.7 Å². The van der Waals surface area contributed by atoms with Crippen molar-refractivity contribution in [2.75, 3.05) is 26.8 Å².